The second-order valence-corrected chi connectivity index (χ2v) is 8.15. The molecule has 5 nitrogen and oxygen atoms in total. The van der Waals surface area contributed by atoms with Gasteiger partial charge in [0.05, 0.1) is 5.56 Å². The van der Waals surface area contributed by atoms with Gasteiger partial charge >= 0.3 is 11.9 Å². The summed E-state index contributed by atoms with van der Waals surface area (Å²) in [7, 11) is 0. The fourth-order valence-corrected chi connectivity index (χ4v) is 3.52. The zero-order valence-electron chi connectivity index (χ0n) is 15.3. The first-order chi connectivity index (χ1) is 14.5. The van der Waals surface area contributed by atoms with Crippen LogP contribution >= 0.6 is 31.9 Å². The molecule has 0 bridgehead atoms. The molecule has 0 aliphatic carbocycles. The highest BCUT2D eigenvalue weighted by Crippen LogP contribution is 2.22. The molecule has 0 fully saturated rings. The van der Waals surface area contributed by atoms with Crippen molar-refractivity contribution < 1.29 is 19.1 Å². The zero-order chi connectivity index (χ0) is 21.1. The second kappa shape index (κ2) is 8.77. The van der Waals surface area contributed by atoms with E-state index >= 15 is 0 Å². The van der Waals surface area contributed by atoms with E-state index in [1.165, 1.54) is 0 Å². The van der Waals surface area contributed by atoms with Crippen LogP contribution in [0.15, 0.2) is 92.4 Å². The van der Waals surface area contributed by atoms with Crippen LogP contribution < -0.4 is 4.74 Å². The van der Waals surface area contributed by atoms with Crippen LogP contribution in [0.3, 0.4) is 0 Å². The number of rotatable bonds is 4. The Labute approximate surface area is 189 Å². The highest BCUT2D eigenvalue weighted by Gasteiger charge is 2.24. The molecular formula is C23H13Br2NO4. The van der Waals surface area contributed by atoms with E-state index in [0.29, 0.717) is 16.9 Å². The molecule has 30 heavy (non-hydrogen) atoms. The Morgan fingerprint density at radius 1 is 0.933 bits per heavy atom. The van der Waals surface area contributed by atoms with Gasteiger partial charge in [-0.3, -0.25) is 0 Å². The highest BCUT2D eigenvalue weighted by molar-refractivity contribution is 9.10. The van der Waals surface area contributed by atoms with Crippen molar-refractivity contribution in [3.63, 3.8) is 0 Å². The summed E-state index contributed by atoms with van der Waals surface area (Å²) in [6.45, 7) is 0. The molecule has 1 aliphatic heterocycles. The van der Waals surface area contributed by atoms with Crippen LogP contribution in [0.1, 0.15) is 21.5 Å². The maximum absolute atomic E-state index is 12.2. The molecule has 0 radical (unpaired) electrons. The van der Waals surface area contributed by atoms with Crippen molar-refractivity contribution >= 4 is 55.8 Å². The molecule has 0 N–H and O–H groups in total. The van der Waals surface area contributed by atoms with Crippen LogP contribution in [0, 0.1) is 0 Å². The molecule has 0 saturated heterocycles. The van der Waals surface area contributed by atoms with Crippen molar-refractivity contribution in [3.05, 3.63) is 104 Å². The Balaban J connectivity index is 1.49. The standard InChI is InChI=1S/C23H13Br2NO4/c24-17-5-1-3-15(12-17)21-26-20(23(28)30-21)11-14-7-9-19(10-8-14)29-22(27)16-4-2-6-18(25)13-16/h1-13H/b20-11-. The topological polar surface area (TPSA) is 65.0 Å². The minimum absolute atomic E-state index is 0.198. The van der Waals surface area contributed by atoms with Crippen molar-refractivity contribution in [2.45, 2.75) is 0 Å². The van der Waals surface area contributed by atoms with Gasteiger partial charge < -0.3 is 9.47 Å². The maximum atomic E-state index is 12.2. The lowest BCUT2D eigenvalue weighted by molar-refractivity contribution is -0.129. The van der Waals surface area contributed by atoms with Crippen molar-refractivity contribution in [1.82, 2.24) is 0 Å². The normalized spacial score (nSPS) is 14.4. The lowest BCUT2D eigenvalue weighted by Crippen LogP contribution is -2.08. The van der Waals surface area contributed by atoms with Gasteiger partial charge in [-0.05, 0) is 60.2 Å². The van der Waals surface area contributed by atoms with Crippen LogP contribution in [-0.4, -0.2) is 17.8 Å². The summed E-state index contributed by atoms with van der Waals surface area (Å²) in [6, 6.07) is 21.1. The van der Waals surface area contributed by atoms with Gasteiger partial charge in [-0.2, -0.15) is 0 Å². The number of aliphatic imine (C=N–C) groups is 1. The van der Waals surface area contributed by atoms with E-state index in [2.05, 4.69) is 36.9 Å². The average Bonchev–Trinajstić information content (AvgIpc) is 3.10. The number of esters is 2. The molecular weight excluding hydrogens is 514 g/mol. The zero-order valence-corrected chi connectivity index (χ0v) is 18.5. The number of benzene rings is 3. The summed E-state index contributed by atoms with van der Waals surface area (Å²) in [4.78, 5) is 28.7. The number of halogens is 2. The van der Waals surface area contributed by atoms with Crippen LogP contribution in [-0.2, 0) is 9.53 Å². The summed E-state index contributed by atoms with van der Waals surface area (Å²) in [5.74, 6) is -0.318. The Bertz CT molecular complexity index is 1200. The summed E-state index contributed by atoms with van der Waals surface area (Å²) < 4.78 is 12.3. The van der Waals surface area contributed by atoms with Gasteiger partial charge in [-0.1, -0.05) is 56.1 Å². The van der Waals surface area contributed by atoms with Crippen molar-refractivity contribution in [1.29, 1.82) is 0 Å². The van der Waals surface area contributed by atoms with E-state index in [1.54, 1.807) is 48.5 Å². The van der Waals surface area contributed by atoms with E-state index in [1.807, 2.05) is 30.3 Å². The molecule has 1 aliphatic rings. The predicted molar refractivity (Wildman–Crippen MR) is 120 cm³/mol. The molecule has 0 saturated carbocycles. The summed E-state index contributed by atoms with van der Waals surface area (Å²) >= 11 is 6.72. The summed E-state index contributed by atoms with van der Waals surface area (Å²) in [5, 5.41) is 0. The third kappa shape index (κ3) is 4.75. The van der Waals surface area contributed by atoms with Crippen molar-refractivity contribution in [2.24, 2.45) is 4.99 Å². The SMILES string of the molecule is O=C1OC(c2cccc(Br)c2)=N/C1=C\c1ccc(OC(=O)c2cccc(Br)c2)cc1. The minimum Gasteiger partial charge on any atom is -0.423 e. The number of ether oxygens (including phenoxy) is 2. The Morgan fingerprint density at radius 3 is 2.33 bits per heavy atom. The van der Waals surface area contributed by atoms with E-state index in [0.717, 1.165) is 14.5 Å². The lowest BCUT2D eigenvalue weighted by Gasteiger charge is -2.05. The van der Waals surface area contributed by atoms with Crippen LogP contribution in [0.25, 0.3) is 6.08 Å². The molecule has 3 aromatic rings. The first-order valence-corrected chi connectivity index (χ1v) is 10.4. The lowest BCUT2D eigenvalue weighted by atomic mass is 10.2. The van der Waals surface area contributed by atoms with Crippen LogP contribution in [0.5, 0.6) is 5.75 Å². The molecule has 0 spiro atoms. The van der Waals surface area contributed by atoms with Gasteiger partial charge in [-0.15, -0.1) is 0 Å². The third-order valence-corrected chi connectivity index (χ3v) is 5.13. The van der Waals surface area contributed by atoms with E-state index < -0.39 is 11.9 Å². The Hall–Kier alpha value is -3.03. The van der Waals surface area contributed by atoms with Gasteiger partial charge in [0.25, 0.3) is 0 Å². The van der Waals surface area contributed by atoms with Gasteiger partial charge in [0.15, 0.2) is 5.70 Å². The van der Waals surface area contributed by atoms with Gasteiger partial charge in [0.1, 0.15) is 5.75 Å². The number of hydrogen-bond donors (Lipinski definition) is 0. The van der Waals surface area contributed by atoms with E-state index in [-0.39, 0.29) is 11.6 Å². The number of hydrogen-bond acceptors (Lipinski definition) is 5. The molecule has 4 rings (SSSR count). The molecule has 148 valence electrons. The van der Waals surface area contributed by atoms with Gasteiger partial charge in [0.2, 0.25) is 5.90 Å². The highest BCUT2D eigenvalue weighted by atomic mass is 79.9. The molecule has 0 amide bonds. The average molecular weight is 527 g/mol. The monoisotopic (exact) mass is 525 g/mol. The largest absolute Gasteiger partial charge is 0.423 e. The smallest absolute Gasteiger partial charge is 0.363 e. The first kappa shape index (κ1) is 20.3. The van der Waals surface area contributed by atoms with Crippen LogP contribution in [0.2, 0.25) is 0 Å². The van der Waals surface area contributed by atoms with Crippen LogP contribution in [0.4, 0.5) is 0 Å². The molecule has 0 atom stereocenters. The second-order valence-electron chi connectivity index (χ2n) is 6.32. The summed E-state index contributed by atoms with van der Waals surface area (Å²) in [6.07, 6.45) is 1.62. The Morgan fingerprint density at radius 2 is 1.63 bits per heavy atom. The molecule has 7 heteroatoms. The molecule has 0 unspecified atom stereocenters. The quantitative estimate of drug-likeness (QED) is 0.246. The fraction of sp³-hybridized carbons (Fsp3) is 0. The van der Waals surface area contributed by atoms with Gasteiger partial charge in [0, 0.05) is 14.5 Å². The third-order valence-electron chi connectivity index (χ3n) is 4.15. The number of cyclic esters (lactones) is 1. The van der Waals surface area contributed by atoms with E-state index in [9.17, 15) is 9.59 Å². The number of nitrogens with zero attached hydrogens (tertiary/aromatic N) is 1. The van der Waals surface area contributed by atoms with Crippen molar-refractivity contribution in [3.8, 4) is 5.75 Å². The first-order valence-electron chi connectivity index (χ1n) is 8.84. The molecule has 1 heterocycles. The van der Waals surface area contributed by atoms with E-state index in [4.69, 9.17) is 9.47 Å². The number of carbonyl (C=O) groups excluding carboxylic acids is 2. The number of carbonyl (C=O) groups is 2. The fourth-order valence-electron chi connectivity index (χ4n) is 2.73. The molecule has 3 aromatic carbocycles. The maximum Gasteiger partial charge on any atom is 0.363 e. The minimum atomic E-state index is -0.518. The predicted octanol–water partition coefficient (Wildman–Crippen LogP) is 5.78. The van der Waals surface area contributed by atoms with Crippen molar-refractivity contribution in [2.75, 3.05) is 0 Å². The van der Waals surface area contributed by atoms with Gasteiger partial charge in [-0.25, -0.2) is 14.6 Å². The Kier molecular flexibility index (Phi) is 5.92. The summed E-state index contributed by atoms with van der Waals surface area (Å²) in [5.41, 5.74) is 2.07. The molecule has 0 aromatic heterocycles.